The summed E-state index contributed by atoms with van der Waals surface area (Å²) in [6.07, 6.45) is 3.31. The quantitative estimate of drug-likeness (QED) is 0.572. The molecule has 0 saturated heterocycles. The number of nitrogens with two attached hydrogens (primary N) is 1. The van der Waals surface area contributed by atoms with E-state index in [4.69, 9.17) is 5.84 Å². The van der Waals surface area contributed by atoms with Gasteiger partial charge >= 0.3 is 0 Å². The highest BCUT2D eigenvalue weighted by Crippen LogP contribution is 2.25. The number of hydrazine groups is 1. The van der Waals surface area contributed by atoms with E-state index in [0.717, 1.165) is 22.2 Å². The van der Waals surface area contributed by atoms with Crippen LogP contribution in [0.1, 0.15) is 22.7 Å². The first kappa shape index (κ1) is 13.6. The SMILES string of the molecule is Cc1cc(C(NN)c2ccc3nccnc3c2)ccc1F. The molecule has 0 aliphatic carbocycles. The maximum atomic E-state index is 13.4. The van der Waals surface area contributed by atoms with Crippen LogP contribution in [0.2, 0.25) is 0 Å². The van der Waals surface area contributed by atoms with Gasteiger partial charge in [0.1, 0.15) is 5.82 Å². The molecule has 21 heavy (non-hydrogen) atoms. The Morgan fingerprint density at radius 2 is 1.67 bits per heavy atom. The Morgan fingerprint density at radius 1 is 1.00 bits per heavy atom. The van der Waals surface area contributed by atoms with Crippen molar-refractivity contribution in [2.24, 2.45) is 5.84 Å². The van der Waals surface area contributed by atoms with Crippen LogP contribution in [-0.4, -0.2) is 9.97 Å². The van der Waals surface area contributed by atoms with Crippen LogP contribution in [-0.2, 0) is 0 Å². The Labute approximate surface area is 121 Å². The van der Waals surface area contributed by atoms with E-state index < -0.39 is 0 Å². The third kappa shape index (κ3) is 2.61. The molecule has 3 N–H and O–H groups in total. The molecule has 0 spiro atoms. The molecule has 2 aromatic carbocycles. The van der Waals surface area contributed by atoms with E-state index in [1.54, 1.807) is 31.5 Å². The molecule has 3 aromatic rings. The molecular formula is C16H15FN4. The van der Waals surface area contributed by atoms with Crippen LogP contribution >= 0.6 is 0 Å². The zero-order valence-corrected chi connectivity index (χ0v) is 11.5. The third-order valence-corrected chi connectivity index (χ3v) is 3.51. The molecule has 0 aliphatic rings. The summed E-state index contributed by atoms with van der Waals surface area (Å²) in [5.74, 6) is 5.47. The molecule has 3 rings (SSSR count). The third-order valence-electron chi connectivity index (χ3n) is 3.51. The molecule has 4 nitrogen and oxygen atoms in total. The fourth-order valence-corrected chi connectivity index (χ4v) is 2.39. The van der Waals surface area contributed by atoms with E-state index in [-0.39, 0.29) is 11.9 Å². The summed E-state index contributed by atoms with van der Waals surface area (Å²) in [6.45, 7) is 1.73. The number of hydrogen-bond donors (Lipinski definition) is 2. The Balaban J connectivity index is 2.06. The molecule has 5 heteroatoms. The lowest BCUT2D eigenvalue weighted by molar-refractivity contribution is 0.608. The Kier molecular flexibility index (Phi) is 3.60. The molecule has 106 valence electrons. The fraction of sp³-hybridized carbons (Fsp3) is 0.125. The van der Waals surface area contributed by atoms with Crippen molar-refractivity contribution in [2.45, 2.75) is 13.0 Å². The van der Waals surface area contributed by atoms with E-state index in [1.807, 2.05) is 18.2 Å². The summed E-state index contributed by atoms with van der Waals surface area (Å²) in [7, 11) is 0. The van der Waals surface area contributed by atoms with E-state index >= 15 is 0 Å². The van der Waals surface area contributed by atoms with Gasteiger partial charge in [-0.2, -0.15) is 0 Å². The van der Waals surface area contributed by atoms with Crippen LogP contribution in [0.25, 0.3) is 11.0 Å². The highest BCUT2D eigenvalue weighted by molar-refractivity contribution is 5.74. The number of nitrogens with one attached hydrogen (secondary N) is 1. The van der Waals surface area contributed by atoms with Gasteiger partial charge in [-0.15, -0.1) is 0 Å². The van der Waals surface area contributed by atoms with Crippen molar-refractivity contribution >= 4 is 11.0 Å². The zero-order valence-electron chi connectivity index (χ0n) is 11.5. The lowest BCUT2D eigenvalue weighted by atomic mass is 9.97. The monoisotopic (exact) mass is 282 g/mol. The summed E-state index contributed by atoms with van der Waals surface area (Å²) in [5, 5.41) is 0. The minimum Gasteiger partial charge on any atom is -0.271 e. The topological polar surface area (TPSA) is 63.8 Å². The van der Waals surface area contributed by atoms with Crippen molar-refractivity contribution in [1.29, 1.82) is 0 Å². The minimum absolute atomic E-state index is 0.223. The first-order valence-corrected chi connectivity index (χ1v) is 6.62. The summed E-state index contributed by atoms with van der Waals surface area (Å²) < 4.78 is 13.4. The predicted octanol–water partition coefficient (Wildman–Crippen LogP) is 2.63. The molecule has 1 heterocycles. The van der Waals surface area contributed by atoms with Gasteiger partial charge in [0.2, 0.25) is 0 Å². The van der Waals surface area contributed by atoms with Crippen LogP contribution in [0, 0.1) is 12.7 Å². The van der Waals surface area contributed by atoms with Crippen molar-refractivity contribution in [1.82, 2.24) is 15.4 Å². The Hall–Kier alpha value is -2.37. The highest BCUT2D eigenvalue weighted by atomic mass is 19.1. The van der Waals surface area contributed by atoms with Crippen LogP contribution in [0.4, 0.5) is 4.39 Å². The zero-order chi connectivity index (χ0) is 14.8. The van der Waals surface area contributed by atoms with Crippen LogP contribution in [0.3, 0.4) is 0 Å². The van der Waals surface area contributed by atoms with E-state index in [0.29, 0.717) is 5.56 Å². The molecular weight excluding hydrogens is 267 g/mol. The van der Waals surface area contributed by atoms with Gasteiger partial charge in [-0.25, -0.2) is 9.82 Å². The molecule has 1 atom stereocenters. The Bertz CT molecular complexity index is 788. The number of halogens is 1. The standard InChI is InChI=1S/C16H15FN4/c1-10-8-11(2-4-13(10)17)16(21-18)12-3-5-14-15(9-12)20-7-6-19-14/h2-9,16,21H,18H2,1H3. The molecule has 0 aliphatic heterocycles. The van der Waals surface area contributed by atoms with E-state index in [2.05, 4.69) is 15.4 Å². The molecule has 1 aromatic heterocycles. The van der Waals surface area contributed by atoms with Crippen LogP contribution in [0.15, 0.2) is 48.8 Å². The molecule has 0 fully saturated rings. The number of aromatic nitrogens is 2. The van der Waals surface area contributed by atoms with Crippen LogP contribution in [0.5, 0.6) is 0 Å². The second-order valence-electron chi connectivity index (χ2n) is 4.91. The maximum Gasteiger partial charge on any atom is 0.126 e. The lowest BCUT2D eigenvalue weighted by Crippen LogP contribution is -2.29. The molecule has 0 bridgehead atoms. The first-order chi connectivity index (χ1) is 10.2. The average Bonchev–Trinajstić information content (AvgIpc) is 2.51. The van der Waals surface area contributed by atoms with Gasteiger partial charge in [0, 0.05) is 12.4 Å². The number of nitrogens with zero attached hydrogens (tertiary/aromatic N) is 2. The minimum atomic E-state index is -0.226. The van der Waals surface area contributed by atoms with Gasteiger partial charge in [0.25, 0.3) is 0 Å². The molecule has 0 amide bonds. The van der Waals surface area contributed by atoms with Gasteiger partial charge in [0.05, 0.1) is 17.1 Å². The molecule has 0 saturated carbocycles. The first-order valence-electron chi connectivity index (χ1n) is 6.62. The van der Waals surface area contributed by atoms with Gasteiger partial charge in [-0.3, -0.25) is 15.8 Å². The largest absolute Gasteiger partial charge is 0.271 e. The fourth-order valence-electron chi connectivity index (χ4n) is 2.39. The average molecular weight is 282 g/mol. The maximum absolute atomic E-state index is 13.4. The van der Waals surface area contributed by atoms with Crippen LogP contribution < -0.4 is 11.3 Å². The van der Waals surface area contributed by atoms with Crippen molar-refractivity contribution in [3.63, 3.8) is 0 Å². The molecule has 1 unspecified atom stereocenters. The summed E-state index contributed by atoms with van der Waals surface area (Å²) in [6, 6.07) is 10.5. The second kappa shape index (κ2) is 5.55. The van der Waals surface area contributed by atoms with Crippen molar-refractivity contribution in [2.75, 3.05) is 0 Å². The number of hydrogen-bond acceptors (Lipinski definition) is 4. The highest BCUT2D eigenvalue weighted by Gasteiger charge is 2.14. The molecule has 0 radical (unpaired) electrons. The van der Waals surface area contributed by atoms with E-state index in [9.17, 15) is 4.39 Å². The summed E-state index contributed by atoms with van der Waals surface area (Å²) >= 11 is 0. The van der Waals surface area contributed by atoms with Gasteiger partial charge < -0.3 is 0 Å². The van der Waals surface area contributed by atoms with Gasteiger partial charge in [-0.05, 0) is 41.8 Å². The smallest absolute Gasteiger partial charge is 0.126 e. The van der Waals surface area contributed by atoms with E-state index in [1.165, 1.54) is 6.07 Å². The summed E-state index contributed by atoms with van der Waals surface area (Å²) in [4.78, 5) is 8.53. The normalized spacial score (nSPS) is 12.5. The van der Waals surface area contributed by atoms with Crippen molar-refractivity contribution < 1.29 is 4.39 Å². The predicted molar refractivity (Wildman–Crippen MR) is 79.8 cm³/mol. The second-order valence-corrected chi connectivity index (χ2v) is 4.91. The van der Waals surface area contributed by atoms with Crippen molar-refractivity contribution in [3.05, 3.63) is 71.3 Å². The Morgan fingerprint density at radius 3 is 2.38 bits per heavy atom. The van der Waals surface area contributed by atoms with Gasteiger partial charge in [0.15, 0.2) is 0 Å². The lowest BCUT2D eigenvalue weighted by Gasteiger charge is -2.18. The number of rotatable bonds is 3. The number of aryl methyl sites for hydroxylation is 1. The number of benzene rings is 2. The van der Waals surface area contributed by atoms with Gasteiger partial charge in [-0.1, -0.05) is 18.2 Å². The summed E-state index contributed by atoms with van der Waals surface area (Å²) in [5.41, 5.74) is 6.85. The van der Waals surface area contributed by atoms with Crippen molar-refractivity contribution in [3.8, 4) is 0 Å². The number of fused-ring (bicyclic) bond motifs is 1.